The number of nitrogens with zero attached hydrogens (tertiary/aromatic N) is 1. The van der Waals surface area contributed by atoms with Crippen molar-refractivity contribution < 1.29 is 24.2 Å². The van der Waals surface area contributed by atoms with Crippen molar-refractivity contribution in [2.24, 2.45) is 0 Å². The lowest BCUT2D eigenvalue weighted by molar-refractivity contribution is -0.151. The fourth-order valence-corrected chi connectivity index (χ4v) is 4.80. The first-order valence-electron chi connectivity index (χ1n) is 12.6. The Morgan fingerprint density at radius 2 is 1.49 bits per heavy atom. The van der Waals surface area contributed by atoms with E-state index >= 15 is 0 Å². The monoisotopic (exact) mass is 500 g/mol. The lowest BCUT2D eigenvalue weighted by Crippen LogP contribution is -2.53. The molecule has 2 N–H and O–H groups in total. The predicted octanol–water partition coefficient (Wildman–Crippen LogP) is 3.72. The lowest BCUT2D eigenvalue weighted by atomic mass is 9.85. The van der Waals surface area contributed by atoms with Crippen LogP contribution < -0.4 is 5.32 Å². The molecule has 3 aromatic carbocycles. The number of aliphatic hydroxyl groups is 1. The number of nitrogens with one attached hydrogen (secondary N) is 1. The zero-order chi connectivity index (χ0) is 26.3. The van der Waals surface area contributed by atoms with Gasteiger partial charge in [0.05, 0.1) is 12.6 Å². The summed E-state index contributed by atoms with van der Waals surface area (Å²) in [5.74, 6) is -1.80. The highest BCUT2D eigenvalue weighted by Crippen LogP contribution is 2.30. The summed E-state index contributed by atoms with van der Waals surface area (Å²) in [6, 6.07) is 25.9. The number of ether oxygens (including phenoxy) is 1. The van der Waals surface area contributed by atoms with Crippen LogP contribution in [0.5, 0.6) is 0 Å². The standard InChI is InChI=1S/C30H32N2O5/c1-2-26(22-13-6-3-7-14-22)37-27(33)21-32-20-12-19-25(32)28(34)31-29(35)30(36,23-15-8-4-9-16-23)24-17-10-5-11-18-24/h3-11,13-18,25-26,36H,2,12,19-21H2,1H3,(H,31,34,35)/t25-,26?/m0/s1. The molecule has 3 aromatic rings. The number of carbonyl (C=O) groups is 3. The Kier molecular flexibility index (Phi) is 8.48. The van der Waals surface area contributed by atoms with E-state index < -0.39 is 29.4 Å². The van der Waals surface area contributed by atoms with Crippen LogP contribution >= 0.6 is 0 Å². The Labute approximate surface area is 217 Å². The zero-order valence-corrected chi connectivity index (χ0v) is 20.9. The van der Waals surface area contributed by atoms with Crippen molar-refractivity contribution in [1.29, 1.82) is 0 Å². The van der Waals surface area contributed by atoms with Crippen LogP contribution in [0, 0.1) is 0 Å². The quantitative estimate of drug-likeness (QED) is 0.435. The number of imide groups is 1. The molecule has 0 radical (unpaired) electrons. The van der Waals surface area contributed by atoms with Crippen LogP contribution in [0.2, 0.25) is 0 Å². The number of carbonyl (C=O) groups excluding carboxylic acids is 3. The Bertz CT molecular complexity index is 1160. The Morgan fingerprint density at radius 1 is 0.946 bits per heavy atom. The van der Waals surface area contributed by atoms with Crippen molar-refractivity contribution in [3.8, 4) is 0 Å². The van der Waals surface area contributed by atoms with Gasteiger partial charge in [0.25, 0.3) is 5.91 Å². The second-order valence-corrected chi connectivity index (χ2v) is 9.19. The second-order valence-electron chi connectivity index (χ2n) is 9.19. The van der Waals surface area contributed by atoms with E-state index in [9.17, 15) is 19.5 Å². The zero-order valence-electron chi connectivity index (χ0n) is 20.9. The van der Waals surface area contributed by atoms with E-state index in [4.69, 9.17) is 4.74 Å². The molecule has 0 bridgehead atoms. The number of benzene rings is 3. The molecule has 192 valence electrons. The van der Waals surface area contributed by atoms with Crippen molar-refractivity contribution in [2.45, 2.75) is 43.9 Å². The SMILES string of the molecule is CCC(OC(=O)CN1CCC[C@H]1C(=O)NC(=O)C(O)(c1ccccc1)c1ccccc1)c1ccccc1. The van der Waals surface area contributed by atoms with Gasteiger partial charge in [0.1, 0.15) is 6.10 Å². The fourth-order valence-electron chi connectivity index (χ4n) is 4.80. The molecule has 4 rings (SSSR count). The highest BCUT2D eigenvalue weighted by molar-refractivity contribution is 6.03. The normalized spacial score (nSPS) is 16.6. The van der Waals surface area contributed by atoms with Gasteiger partial charge in [-0.25, -0.2) is 0 Å². The number of esters is 1. The number of hydrogen-bond donors (Lipinski definition) is 2. The van der Waals surface area contributed by atoms with Gasteiger partial charge in [-0.05, 0) is 42.5 Å². The van der Waals surface area contributed by atoms with E-state index in [0.29, 0.717) is 36.9 Å². The third kappa shape index (κ3) is 5.96. The topological polar surface area (TPSA) is 95.9 Å². The van der Waals surface area contributed by atoms with Crippen molar-refractivity contribution >= 4 is 17.8 Å². The van der Waals surface area contributed by atoms with Crippen LogP contribution in [0.15, 0.2) is 91.0 Å². The van der Waals surface area contributed by atoms with Gasteiger partial charge in [-0.15, -0.1) is 0 Å². The number of amides is 2. The van der Waals surface area contributed by atoms with Gasteiger partial charge in [0, 0.05) is 0 Å². The molecule has 1 unspecified atom stereocenters. The second kappa shape index (κ2) is 12.0. The number of likely N-dealkylation sites (tertiary alicyclic amines) is 1. The largest absolute Gasteiger partial charge is 0.457 e. The maximum absolute atomic E-state index is 13.4. The van der Waals surface area contributed by atoms with Crippen molar-refractivity contribution in [3.05, 3.63) is 108 Å². The van der Waals surface area contributed by atoms with E-state index in [2.05, 4.69) is 5.32 Å². The summed E-state index contributed by atoms with van der Waals surface area (Å²) >= 11 is 0. The van der Waals surface area contributed by atoms with Crippen LogP contribution in [0.3, 0.4) is 0 Å². The van der Waals surface area contributed by atoms with Crippen LogP contribution in [0.25, 0.3) is 0 Å². The molecule has 1 heterocycles. The highest BCUT2D eigenvalue weighted by atomic mass is 16.5. The smallest absolute Gasteiger partial charge is 0.320 e. The summed E-state index contributed by atoms with van der Waals surface area (Å²) < 4.78 is 5.71. The lowest BCUT2D eigenvalue weighted by Gasteiger charge is -2.29. The molecule has 2 atom stereocenters. The summed E-state index contributed by atoms with van der Waals surface area (Å²) in [6.07, 6.45) is 1.47. The third-order valence-corrected chi connectivity index (χ3v) is 6.76. The van der Waals surface area contributed by atoms with Crippen LogP contribution in [0.4, 0.5) is 0 Å². The first-order valence-corrected chi connectivity index (χ1v) is 12.6. The minimum absolute atomic E-state index is 0.0583. The van der Waals surface area contributed by atoms with Crippen molar-refractivity contribution in [1.82, 2.24) is 10.2 Å². The molecule has 7 heteroatoms. The van der Waals surface area contributed by atoms with Crippen LogP contribution in [-0.4, -0.2) is 46.9 Å². The highest BCUT2D eigenvalue weighted by Gasteiger charge is 2.42. The van der Waals surface area contributed by atoms with E-state index in [1.54, 1.807) is 65.6 Å². The van der Waals surface area contributed by atoms with E-state index in [-0.39, 0.29) is 12.6 Å². The number of rotatable bonds is 9. The average Bonchev–Trinajstić information content (AvgIpc) is 3.40. The molecule has 0 saturated carbocycles. The molecule has 1 aliphatic heterocycles. The molecular formula is C30H32N2O5. The summed E-state index contributed by atoms with van der Waals surface area (Å²) in [4.78, 5) is 41.1. The molecular weight excluding hydrogens is 468 g/mol. The molecule has 37 heavy (non-hydrogen) atoms. The molecule has 7 nitrogen and oxygen atoms in total. The molecule has 1 aliphatic rings. The van der Waals surface area contributed by atoms with Gasteiger partial charge in [0.2, 0.25) is 5.91 Å². The van der Waals surface area contributed by atoms with Crippen LogP contribution in [-0.2, 0) is 24.7 Å². The summed E-state index contributed by atoms with van der Waals surface area (Å²) in [5, 5.41) is 14.0. The average molecular weight is 501 g/mol. The number of hydrogen-bond acceptors (Lipinski definition) is 6. The van der Waals surface area contributed by atoms with Crippen molar-refractivity contribution in [3.63, 3.8) is 0 Å². The maximum Gasteiger partial charge on any atom is 0.320 e. The first-order chi connectivity index (χ1) is 17.9. The minimum atomic E-state index is -2.05. The Balaban J connectivity index is 1.45. The first kappa shape index (κ1) is 26.3. The molecule has 0 aliphatic carbocycles. The van der Waals surface area contributed by atoms with Gasteiger partial charge in [0.15, 0.2) is 5.60 Å². The molecule has 1 fully saturated rings. The van der Waals surface area contributed by atoms with Gasteiger partial charge < -0.3 is 9.84 Å². The predicted molar refractivity (Wildman–Crippen MR) is 139 cm³/mol. The summed E-state index contributed by atoms with van der Waals surface area (Å²) in [7, 11) is 0. The van der Waals surface area contributed by atoms with Crippen LogP contribution in [0.1, 0.15) is 49.0 Å². The molecule has 0 spiro atoms. The third-order valence-electron chi connectivity index (χ3n) is 6.76. The van der Waals surface area contributed by atoms with Gasteiger partial charge >= 0.3 is 5.97 Å². The molecule has 1 saturated heterocycles. The molecule has 2 amide bonds. The van der Waals surface area contributed by atoms with E-state index in [0.717, 1.165) is 5.56 Å². The summed E-state index contributed by atoms with van der Waals surface area (Å²) in [5.41, 5.74) is -0.430. The maximum atomic E-state index is 13.4. The van der Waals surface area contributed by atoms with Gasteiger partial charge in [-0.1, -0.05) is 97.9 Å². The minimum Gasteiger partial charge on any atom is -0.457 e. The van der Waals surface area contributed by atoms with E-state index in [1.807, 2.05) is 37.3 Å². The van der Waals surface area contributed by atoms with Gasteiger partial charge in [-0.3, -0.25) is 24.6 Å². The van der Waals surface area contributed by atoms with Gasteiger partial charge in [-0.2, -0.15) is 0 Å². The molecule has 0 aromatic heterocycles. The van der Waals surface area contributed by atoms with E-state index in [1.165, 1.54) is 0 Å². The fraction of sp³-hybridized carbons (Fsp3) is 0.300. The van der Waals surface area contributed by atoms with Crippen molar-refractivity contribution in [2.75, 3.05) is 13.1 Å². The Morgan fingerprint density at radius 3 is 2.03 bits per heavy atom. The Hall–Kier alpha value is -3.81. The summed E-state index contributed by atoms with van der Waals surface area (Å²) in [6.45, 7) is 2.42.